The Morgan fingerprint density at radius 3 is 2.68 bits per heavy atom. The topological polar surface area (TPSA) is 67.5 Å². The number of rotatable bonds is 5. The number of hydrogen-bond donors (Lipinski definition) is 3. The minimum absolute atomic E-state index is 0.296. The van der Waals surface area contributed by atoms with Crippen molar-refractivity contribution in [3.05, 3.63) is 18.2 Å². The van der Waals surface area contributed by atoms with E-state index in [2.05, 4.69) is 5.32 Å². The van der Waals surface area contributed by atoms with Crippen LogP contribution in [0, 0.1) is 11.8 Å². The summed E-state index contributed by atoms with van der Waals surface area (Å²) in [5, 5.41) is 12.8. The van der Waals surface area contributed by atoms with E-state index in [4.69, 9.17) is 10.5 Å². The first-order valence-corrected chi connectivity index (χ1v) is 7.03. The molecule has 0 aromatic heterocycles. The van der Waals surface area contributed by atoms with Crippen LogP contribution in [-0.4, -0.2) is 25.4 Å². The molecule has 1 aliphatic rings. The van der Waals surface area contributed by atoms with Gasteiger partial charge in [-0.3, -0.25) is 0 Å². The van der Waals surface area contributed by atoms with Gasteiger partial charge >= 0.3 is 0 Å². The summed E-state index contributed by atoms with van der Waals surface area (Å²) < 4.78 is 5.14. The standard InChI is InChI=1S/C15H24N2O2/c1-19-13-6-7-15(14(16)8-13)17-9-11-4-2-3-5-12(11)10-18/h6-8,11-12,17-18H,2-5,9-10,16H2,1H3. The average Bonchev–Trinajstić information content (AvgIpc) is 2.46. The van der Waals surface area contributed by atoms with Gasteiger partial charge in [0.2, 0.25) is 0 Å². The van der Waals surface area contributed by atoms with Crippen molar-refractivity contribution in [1.29, 1.82) is 0 Å². The first kappa shape index (κ1) is 14.0. The van der Waals surface area contributed by atoms with Crippen LogP contribution in [0.15, 0.2) is 18.2 Å². The van der Waals surface area contributed by atoms with E-state index in [0.717, 1.165) is 24.4 Å². The average molecular weight is 264 g/mol. The summed E-state index contributed by atoms with van der Waals surface area (Å²) in [4.78, 5) is 0. The van der Waals surface area contributed by atoms with Gasteiger partial charge in [0.15, 0.2) is 0 Å². The Kier molecular flexibility index (Phi) is 4.91. The molecule has 4 N–H and O–H groups in total. The molecule has 1 fully saturated rings. The molecule has 4 heteroatoms. The van der Waals surface area contributed by atoms with E-state index < -0.39 is 0 Å². The van der Waals surface area contributed by atoms with Gasteiger partial charge in [-0.2, -0.15) is 0 Å². The molecule has 0 bridgehead atoms. The second-order valence-corrected chi connectivity index (χ2v) is 5.32. The van der Waals surface area contributed by atoms with Crippen LogP contribution in [0.3, 0.4) is 0 Å². The molecule has 0 amide bonds. The Balaban J connectivity index is 1.94. The second kappa shape index (κ2) is 6.66. The maximum atomic E-state index is 9.41. The van der Waals surface area contributed by atoms with Crippen molar-refractivity contribution >= 4 is 11.4 Å². The highest BCUT2D eigenvalue weighted by Crippen LogP contribution is 2.31. The third-order valence-corrected chi connectivity index (χ3v) is 4.11. The van der Waals surface area contributed by atoms with Gasteiger partial charge < -0.3 is 20.9 Å². The molecule has 1 saturated carbocycles. The van der Waals surface area contributed by atoms with Crippen LogP contribution in [0.4, 0.5) is 11.4 Å². The van der Waals surface area contributed by atoms with E-state index in [0.29, 0.717) is 24.1 Å². The summed E-state index contributed by atoms with van der Waals surface area (Å²) in [5.74, 6) is 1.75. The fourth-order valence-corrected chi connectivity index (χ4v) is 2.86. The number of aliphatic hydroxyl groups is 1. The van der Waals surface area contributed by atoms with E-state index in [9.17, 15) is 5.11 Å². The molecule has 0 radical (unpaired) electrons. The second-order valence-electron chi connectivity index (χ2n) is 5.32. The molecule has 2 atom stereocenters. The highest BCUT2D eigenvalue weighted by Gasteiger charge is 2.24. The van der Waals surface area contributed by atoms with Crippen molar-refractivity contribution < 1.29 is 9.84 Å². The quantitative estimate of drug-likeness (QED) is 0.715. The van der Waals surface area contributed by atoms with Crippen molar-refractivity contribution in [2.45, 2.75) is 25.7 Å². The molecule has 19 heavy (non-hydrogen) atoms. The van der Waals surface area contributed by atoms with Crippen LogP contribution >= 0.6 is 0 Å². The van der Waals surface area contributed by atoms with E-state index in [1.54, 1.807) is 7.11 Å². The van der Waals surface area contributed by atoms with Gasteiger partial charge in [-0.15, -0.1) is 0 Å². The number of aliphatic hydroxyl groups excluding tert-OH is 1. The molecule has 106 valence electrons. The lowest BCUT2D eigenvalue weighted by atomic mass is 9.79. The maximum Gasteiger partial charge on any atom is 0.121 e. The number of benzene rings is 1. The third-order valence-electron chi connectivity index (χ3n) is 4.11. The first-order chi connectivity index (χ1) is 9.24. The number of methoxy groups -OCH3 is 1. The lowest BCUT2D eigenvalue weighted by Gasteiger charge is -2.30. The summed E-state index contributed by atoms with van der Waals surface area (Å²) in [5.41, 5.74) is 7.64. The Morgan fingerprint density at radius 2 is 2.05 bits per heavy atom. The first-order valence-electron chi connectivity index (χ1n) is 7.03. The van der Waals surface area contributed by atoms with Gasteiger partial charge in [0, 0.05) is 19.2 Å². The Hall–Kier alpha value is -1.42. The minimum atomic E-state index is 0.296. The molecule has 1 aromatic carbocycles. The number of hydrogen-bond acceptors (Lipinski definition) is 4. The molecule has 1 aliphatic carbocycles. The van der Waals surface area contributed by atoms with Crippen molar-refractivity contribution in [2.75, 3.05) is 31.3 Å². The molecular weight excluding hydrogens is 240 g/mol. The Labute approximate surface area is 115 Å². The molecular formula is C15H24N2O2. The highest BCUT2D eigenvalue weighted by molar-refractivity contribution is 5.68. The summed E-state index contributed by atoms with van der Waals surface area (Å²) in [6.07, 6.45) is 4.84. The lowest BCUT2D eigenvalue weighted by molar-refractivity contribution is 0.141. The van der Waals surface area contributed by atoms with Crippen molar-refractivity contribution in [3.63, 3.8) is 0 Å². The monoisotopic (exact) mass is 264 g/mol. The molecule has 1 aromatic rings. The molecule has 0 saturated heterocycles. The van der Waals surface area contributed by atoms with Gasteiger partial charge in [0.1, 0.15) is 5.75 Å². The van der Waals surface area contributed by atoms with Crippen molar-refractivity contribution in [1.82, 2.24) is 0 Å². The zero-order valence-electron chi connectivity index (χ0n) is 11.6. The fourth-order valence-electron chi connectivity index (χ4n) is 2.86. The number of ether oxygens (including phenoxy) is 1. The minimum Gasteiger partial charge on any atom is -0.497 e. The molecule has 0 spiro atoms. The third kappa shape index (κ3) is 3.53. The predicted molar refractivity (Wildman–Crippen MR) is 78.4 cm³/mol. The van der Waals surface area contributed by atoms with Crippen LogP contribution in [0.25, 0.3) is 0 Å². The van der Waals surface area contributed by atoms with Gasteiger partial charge in [0.05, 0.1) is 18.5 Å². The number of nitrogens with two attached hydrogens (primary N) is 1. The summed E-state index contributed by atoms with van der Waals surface area (Å²) in [6.45, 7) is 1.17. The zero-order chi connectivity index (χ0) is 13.7. The SMILES string of the molecule is COc1ccc(NCC2CCCCC2CO)c(N)c1. The van der Waals surface area contributed by atoms with Gasteiger partial charge in [-0.1, -0.05) is 12.8 Å². The van der Waals surface area contributed by atoms with Gasteiger partial charge in [-0.25, -0.2) is 0 Å². The summed E-state index contributed by atoms with van der Waals surface area (Å²) in [6, 6.07) is 5.68. The number of nitrogen functional groups attached to an aromatic ring is 1. The molecule has 0 heterocycles. The lowest BCUT2D eigenvalue weighted by Crippen LogP contribution is -2.28. The Bertz CT molecular complexity index is 409. The smallest absolute Gasteiger partial charge is 0.121 e. The van der Waals surface area contributed by atoms with Crippen LogP contribution in [-0.2, 0) is 0 Å². The molecule has 0 aliphatic heterocycles. The predicted octanol–water partition coefficient (Wildman–Crippen LogP) is 2.49. The maximum absolute atomic E-state index is 9.41. The van der Waals surface area contributed by atoms with Crippen LogP contribution in [0.5, 0.6) is 5.75 Å². The molecule has 2 rings (SSSR count). The van der Waals surface area contributed by atoms with Crippen LogP contribution < -0.4 is 15.8 Å². The van der Waals surface area contributed by atoms with Crippen LogP contribution in [0.1, 0.15) is 25.7 Å². The van der Waals surface area contributed by atoms with Crippen molar-refractivity contribution in [3.8, 4) is 5.75 Å². The molecule has 2 unspecified atom stereocenters. The van der Waals surface area contributed by atoms with Crippen LogP contribution in [0.2, 0.25) is 0 Å². The summed E-state index contributed by atoms with van der Waals surface area (Å²) in [7, 11) is 1.63. The molecule has 4 nitrogen and oxygen atoms in total. The highest BCUT2D eigenvalue weighted by atomic mass is 16.5. The van der Waals surface area contributed by atoms with E-state index in [1.165, 1.54) is 19.3 Å². The van der Waals surface area contributed by atoms with Gasteiger partial charge in [0.25, 0.3) is 0 Å². The largest absolute Gasteiger partial charge is 0.497 e. The normalized spacial score (nSPS) is 23.1. The van der Waals surface area contributed by atoms with Crippen molar-refractivity contribution in [2.24, 2.45) is 11.8 Å². The van der Waals surface area contributed by atoms with E-state index in [-0.39, 0.29) is 0 Å². The summed E-state index contributed by atoms with van der Waals surface area (Å²) >= 11 is 0. The van der Waals surface area contributed by atoms with E-state index >= 15 is 0 Å². The number of nitrogens with one attached hydrogen (secondary N) is 1. The number of anilines is 2. The fraction of sp³-hybridized carbons (Fsp3) is 0.600. The Morgan fingerprint density at radius 1 is 1.32 bits per heavy atom. The van der Waals surface area contributed by atoms with Gasteiger partial charge in [-0.05, 0) is 36.8 Å². The van der Waals surface area contributed by atoms with E-state index in [1.807, 2.05) is 18.2 Å². The zero-order valence-corrected chi connectivity index (χ0v) is 11.6.